The number of hydrogen-bond donors (Lipinski definition) is 0. The van der Waals surface area contributed by atoms with Crippen LogP contribution >= 0.6 is 0 Å². The largest absolute Gasteiger partial charge is 0.497 e. The van der Waals surface area contributed by atoms with Gasteiger partial charge in [-0.15, -0.1) is 0 Å². The fourth-order valence-corrected chi connectivity index (χ4v) is 2.78. The molecule has 0 saturated heterocycles. The molecule has 0 aliphatic carbocycles. The molecule has 0 amide bonds. The Morgan fingerprint density at radius 2 is 1.42 bits per heavy atom. The third kappa shape index (κ3) is 2.97. The second kappa shape index (κ2) is 7.23. The van der Waals surface area contributed by atoms with Gasteiger partial charge in [0.25, 0.3) is 0 Å². The summed E-state index contributed by atoms with van der Waals surface area (Å²) in [6, 6.07) is 14.1. The average Bonchev–Trinajstić information content (AvgIpc) is 2.71. The number of hydrogen-bond acceptors (Lipinski definition) is 6. The van der Waals surface area contributed by atoms with Crippen molar-refractivity contribution in [2.24, 2.45) is 0 Å². The van der Waals surface area contributed by atoms with Gasteiger partial charge in [-0.25, -0.2) is 14.6 Å². The summed E-state index contributed by atoms with van der Waals surface area (Å²) >= 11 is 0. The smallest absolute Gasteiger partial charge is 0.340 e. The topological polar surface area (TPSA) is 74.7 Å². The van der Waals surface area contributed by atoms with E-state index in [2.05, 4.69) is 4.98 Å². The number of fused-ring (bicyclic) bond motifs is 1. The van der Waals surface area contributed by atoms with Gasteiger partial charge in [0.2, 0.25) is 0 Å². The van der Waals surface area contributed by atoms with Crippen LogP contribution in [0.5, 0.6) is 5.75 Å². The van der Waals surface area contributed by atoms with E-state index in [0.29, 0.717) is 27.9 Å². The van der Waals surface area contributed by atoms with E-state index in [1.165, 1.54) is 14.2 Å². The Morgan fingerprint density at radius 3 is 2.04 bits per heavy atom. The first-order valence-corrected chi connectivity index (χ1v) is 7.84. The zero-order valence-electron chi connectivity index (χ0n) is 14.6. The van der Waals surface area contributed by atoms with Crippen molar-refractivity contribution in [3.05, 3.63) is 59.7 Å². The molecule has 1 heterocycles. The van der Waals surface area contributed by atoms with Gasteiger partial charge in [-0.2, -0.15) is 0 Å². The van der Waals surface area contributed by atoms with E-state index >= 15 is 0 Å². The molecule has 0 bridgehead atoms. The fourth-order valence-electron chi connectivity index (χ4n) is 2.78. The number of pyridine rings is 1. The van der Waals surface area contributed by atoms with Crippen LogP contribution in [0.3, 0.4) is 0 Å². The summed E-state index contributed by atoms with van der Waals surface area (Å²) < 4.78 is 15.0. The van der Waals surface area contributed by atoms with Gasteiger partial charge in [0.15, 0.2) is 0 Å². The van der Waals surface area contributed by atoms with Crippen LogP contribution in [0.25, 0.3) is 22.2 Å². The van der Waals surface area contributed by atoms with Crippen LogP contribution in [0.2, 0.25) is 0 Å². The highest BCUT2D eigenvalue weighted by atomic mass is 16.5. The molecule has 26 heavy (non-hydrogen) atoms. The number of nitrogens with zero attached hydrogens (tertiary/aromatic N) is 1. The first-order valence-electron chi connectivity index (χ1n) is 7.84. The van der Waals surface area contributed by atoms with E-state index in [9.17, 15) is 9.59 Å². The highest BCUT2D eigenvalue weighted by Crippen LogP contribution is 2.32. The molecule has 3 rings (SSSR count). The standard InChI is InChI=1S/C20H17NO5/c1-24-13-10-8-12(9-11-13)18-17(20(23)26-3)16(19(22)25-2)14-6-4-5-7-15(14)21-18/h4-11H,1-3H3. The molecule has 6 heteroatoms. The Balaban J connectivity index is 2.40. The zero-order chi connectivity index (χ0) is 18.7. The molecule has 0 saturated carbocycles. The molecule has 0 aliphatic rings. The van der Waals surface area contributed by atoms with Crippen LogP contribution in [0.4, 0.5) is 0 Å². The number of para-hydroxylation sites is 1. The van der Waals surface area contributed by atoms with E-state index in [1.54, 1.807) is 49.6 Å². The van der Waals surface area contributed by atoms with Gasteiger partial charge < -0.3 is 14.2 Å². The molecule has 3 aromatic rings. The minimum atomic E-state index is -0.658. The maximum Gasteiger partial charge on any atom is 0.340 e. The van der Waals surface area contributed by atoms with Gasteiger partial charge in [0.05, 0.1) is 38.1 Å². The Bertz CT molecular complexity index is 979. The molecular weight excluding hydrogens is 334 g/mol. The van der Waals surface area contributed by atoms with Crippen molar-refractivity contribution in [2.75, 3.05) is 21.3 Å². The maximum atomic E-state index is 12.5. The van der Waals surface area contributed by atoms with Crippen LogP contribution in [-0.2, 0) is 9.47 Å². The molecule has 0 fully saturated rings. The summed E-state index contributed by atoms with van der Waals surface area (Å²) in [5, 5.41) is 0.525. The van der Waals surface area contributed by atoms with Crippen molar-refractivity contribution in [2.45, 2.75) is 0 Å². The lowest BCUT2D eigenvalue weighted by Crippen LogP contribution is -2.15. The van der Waals surface area contributed by atoms with Crippen LogP contribution in [0.1, 0.15) is 20.7 Å². The lowest BCUT2D eigenvalue weighted by atomic mass is 9.96. The summed E-state index contributed by atoms with van der Waals surface area (Å²) in [7, 11) is 4.10. The first kappa shape index (κ1) is 17.4. The van der Waals surface area contributed by atoms with Gasteiger partial charge in [-0.05, 0) is 30.3 Å². The lowest BCUT2D eigenvalue weighted by Gasteiger charge is -2.14. The third-order valence-corrected chi connectivity index (χ3v) is 4.03. The molecule has 2 aromatic carbocycles. The quantitative estimate of drug-likeness (QED) is 0.670. The van der Waals surface area contributed by atoms with Gasteiger partial charge in [0, 0.05) is 10.9 Å². The third-order valence-electron chi connectivity index (χ3n) is 4.03. The number of carbonyl (C=O) groups is 2. The Labute approximate surface area is 150 Å². The molecule has 0 aliphatic heterocycles. The molecule has 0 unspecified atom stereocenters. The molecule has 0 atom stereocenters. The summed E-state index contributed by atoms with van der Waals surface area (Å²) in [6.45, 7) is 0. The van der Waals surface area contributed by atoms with Gasteiger partial charge >= 0.3 is 11.9 Å². The molecule has 132 valence electrons. The van der Waals surface area contributed by atoms with E-state index in [0.717, 1.165) is 0 Å². The van der Waals surface area contributed by atoms with E-state index in [4.69, 9.17) is 14.2 Å². The highest BCUT2D eigenvalue weighted by Gasteiger charge is 2.27. The number of carbonyl (C=O) groups excluding carboxylic acids is 2. The lowest BCUT2D eigenvalue weighted by molar-refractivity contribution is 0.0557. The molecule has 6 nitrogen and oxygen atoms in total. The average molecular weight is 351 g/mol. The van der Waals surface area contributed by atoms with Crippen LogP contribution < -0.4 is 4.74 Å². The van der Waals surface area contributed by atoms with Crippen molar-refractivity contribution < 1.29 is 23.8 Å². The molecule has 0 radical (unpaired) electrons. The van der Waals surface area contributed by atoms with E-state index in [1.807, 2.05) is 6.07 Å². The van der Waals surface area contributed by atoms with E-state index < -0.39 is 11.9 Å². The summed E-state index contributed by atoms with van der Waals surface area (Å²) in [6.07, 6.45) is 0. The van der Waals surface area contributed by atoms with Crippen LogP contribution in [-0.4, -0.2) is 38.3 Å². The number of ether oxygens (including phenoxy) is 3. The monoisotopic (exact) mass is 351 g/mol. The Kier molecular flexibility index (Phi) is 4.84. The van der Waals surface area contributed by atoms with Gasteiger partial charge in [-0.1, -0.05) is 18.2 Å². The molecule has 0 N–H and O–H groups in total. The fraction of sp³-hybridized carbons (Fsp3) is 0.150. The van der Waals surface area contributed by atoms with Crippen molar-refractivity contribution in [3.63, 3.8) is 0 Å². The maximum absolute atomic E-state index is 12.5. The Morgan fingerprint density at radius 1 is 0.808 bits per heavy atom. The minimum Gasteiger partial charge on any atom is -0.497 e. The number of benzene rings is 2. The molecule has 1 aromatic heterocycles. The first-order chi connectivity index (χ1) is 12.6. The van der Waals surface area contributed by atoms with Crippen molar-refractivity contribution >= 4 is 22.8 Å². The van der Waals surface area contributed by atoms with Crippen LogP contribution in [0, 0.1) is 0 Å². The highest BCUT2D eigenvalue weighted by molar-refractivity contribution is 6.14. The summed E-state index contributed by atoms with van der Waals surface area (Å²) in [5.74, 6) is -0.615. The predicted molar refractivity (Wildman–Crippen MR) is 96.4 cm³/mol. The van der Waals surface area contributed by atoms with Crippen molar-refractivity contribution in [3.8, 4) is 17.0 Å². The summed E-state index contributed by atoms with van der Waals surface area (Å²) in [5.41, 5.74) is 1.78. The van der Waals surface area contributed by atoms with Crippen molar-refractivity contribution in [1.29, 1.82) is 0 Å². The number of aromatic nitrogens is 1. The SMILES string of the molecule is COC(=O)c1c(-c2ccc(OC)cc2)nc2ccccc2c1C(=O)OC. The molecular formula is C20H17NO5. The number of rotatable bonds is 4. The van der Waals surface area contributed by atoms with Gasteiger partial charge in [0.1, 0.15) is 11.3 Å². The van der Waals surface area contributed by atoms with Crippen LogP contribution in [0.15, 0.2) is 48.5 Å². The predicted octanol–water partition coefficient (Wildman–Crippen LogP) is 3.48. The Hall–Kier alpha value is -3.41. The number of methoxy groups -OCH3 is 3. The minimum absolute atomic E-state index is 0.0724. The summed E-state index contributed by atoms with van der Waals surface area (Å²) in [4.78, 5) is 29.6. The number of esters is 2. The second-order valence-electron chi connectivity index (χ2n) is 5.44. The molecule has 0 spiro atoms. The van der Waals surface area contributed by atoms with E-state index in [-0.39, 0.29) is 11.1 Å². The zero-order valence-corrected chi connectivity index (χ0v) is 14.6. The second-order valence-corrected chi connectivity index (χ2v) is 5.44. The normalized spacial score (nSPS) is 10.4. The van der Waals surface area contributed by atoms with Crippen molar-refractivity contribution in [1.82, 2.24) is 4.98 Å². The van der Waals surface area contributed by atoms with Gasteiger partial charge in [-0.3, -0.25) is 0 Å².